The molecule has 1 aliphatic rings. The summed E-state index contributed by atoms with van der Waals surface area (Å²) in [5.74, 6) is 5.20. The lowest BCUT2D eigenvalue weighted by atomic mass is 10.0. The summed E-state index contributed by atoms with van der Waals surface area (Å²) < 4.78 is 23.5. The van der Waals surface area contributed by atoms with E-state index in [0.29, 0.717) is 41.2 Å². The maximum Gasteiger partial charge on any atom is 0.337 e. The molecule has 1 atom stereocenters. The van der Waals surface area contributed by atoms with Gasteiger partial charge in [0.2, 0.25) is 0 Å². The van der Waals surface area contributed by atoms with E-state index in [1.54, 1.807) is 36.4 Å². The van der Waals surface area contributed by atoms with E-state index in [1.807, 2.05) is 6.92 Å². The quantitative estimate of drug-likeness (QED) is 0.452. The summed E-state index contributed by atoms with van der Waals surface area (Å²) in [6.45, 7) is 2.90. The number of amides is 1. The Hall–Kier alpha value is -3.47. The number of fused-ring (bicyclic) bond motifs is 1. The summed E-state index contributed by atoms with van der Waals surface area (Å²) in [5, 5.41) is 3.05. The Labute approximate surface area is 195 Å². The van der Waals surface area contributed by atoms with Crippen molar-refractivity contribution in [1.82, 2.24) is 5.32 Å². The smallest absolute Gasteiger partial charge is 0.337 e. The Bertz CT molecular complexity index is 1240. The molecule has 0 saturated carbocycles. The molecule has 7 heteroatoms. The molecular weight excluding hydrogens is 441 g/mol. The third kappa shape index (κ3) is 5.14. The summed E-state index contributed by atoms with van der Waals surface area (Å²) in [7, 11) is 1.34. The summed E-state index contributed by atoms with van der Waals surface area (Å²) in [6.07, 6.45) is 0.648. The van der Waals surface area contributed by atoms with Crippen molar-refractivity contribution < 1.29 is 23.5 Å². The molecule has 168 valence electrons. The molecule has 0 unspecified atom stereocenters. The highest BCUT2D eigenvalue weighted by molar-refractivity contribution is 7.13. The van der Waals surface area contributed by atoms with Crippen LogP contribution in [0.15, 0.2) is 48.5 Å². The Balaban J connectivity index is 1.59. The highest BCUT2D eigenvalue weighted by Gasteiger charge is 2.26. The number of thiophene rings is 1. The molecule has 1 amide bonds. The first-order chi connectivity index (χ1) is 16.0. The zero-order chi connectivity index (χ0) is 23.4. The number of nitrogens with one attached hydrogen (secondary N) is 1. The van der Waals surface area contributed by atoms with E-state index < -0.39 is 5.97 Å². The van der Waals surface area contributed by atoms with Crippen LogP contribution in [-0.4, -0.2) is 25.6 Å². The van der Waals surface area contributed by atoms with Gasteiger partial charge in [-0.25, -0.2) is 9.18 Å². The van der Waals surface area contributed by atoms with Crippen molar-refractivity contribution in [2.45, 2.75) is 26.0 Å². The Kier molecular flexibility index (Phi) is 6.87. The summed E-state index contributed by atoms with van der Waals surface area (Å²) in [5.41, 5.74) is 3.53. The van der Waals surface area contributed by atoms with Crippen LogP contribution in [0.4, 0.5) is 4.39 Å². The number of carbonyl (C=O) groups excluding carboxylic acids is 2. The summed E-state index contributed by atoms with van der Waals surface area (Å²) >= 11 is 1.46. The molecule has 3 aromatic rings. The highest BCUT2D eigenvalue weighted by Crippen LogP contribution is 2.32. The molecule has 5 nitrogen and oxygen atoms in total. The minimum absolute atomic E-state index is 0.206. The first kappa shape index (κ1) is 22.7. The SMILES string of the molecule is COC(=O)c1ccc([C@H](C)NC(=O)c2c(C#Cc3ccc(F)cc3)sc3c2CCOC3)cc1. The van der Waals surface area contributed by atoms with E-state index in [9.17, 15) is 14.0 Å². The molecule has 0 radical (unpaired) electrons. The van der Waals surface area contributed by atoms with Gasteiger partial charge < -0.3 is 14.8 Å². The fraction of sp³-hybridized carbons (Fsp3) is 0.231. The van der Waals surface area contributed by atoms with Gasteiger partial charge in [0.15, 0.2) is 0 Å². The van der Waals surface area contributed by atoms with Crippen LogP contribution in [0.25, 0.3) is 0 Å². The van der Waals surface area contributed by atoms with Crippen molar-refractivity contribution >= 4 is 23.2 Å². The first-order valence-corrected chi connectivity index (χ1v) is 11.3. The molecule has 1 aliphatic heterocycles. The fourth-order valence-electron chi connectivity index (χ4n) is 3.60. The molecule has 0 saturated heterocycles. The van der Waals surface area contributed by atoms with Gasteiger partial charge in [-0.15, -0.1) is 11.3 Å². The van der Waals surface area contributed by atoms with Crippen LogP contribution in [-0.2, 0) is 22.5 Å². The van der Waals surface area contributed by atoms with Crippen LogP contribution in [0.3, 0.4) is 0 Å². The second kappa shape index (κ2) is 9.99. The number of benzene rings is 2. The molecule has 1 aromatic heterocycles. The normalized spacial score (nSPS) is 13.3. The minimum atomic E-state index is -0.408. The largest absolute Gasteiger partial charge is 0.465 e. The van der Waals surface area contributed by atoms with Crippen LogP contribution >= 0.6 is 11.3 Å². The van der Waals surface area contributed by atoms with Crippen LogP contribution < -0.4 is 5.32 Å². The summed E-state index contributed by atoms with van der Waals surface area (Å²) in [6, 6.07) is 12.6. The van der Waals surface area contributed by atoms with E-state index in [0.717, 1.165) is 16.0 Å². The van der Waals surface area contributed by atoms with E-state index in [2.05, 4.69) is 17.2 Å². The lowest BCUT2D eigenvalue weighted by Crippen LogP contribution is -2.28. The van der Waals surface area contributed by atoms with Crippen molar-refractivity contribution in [2.75, 3.05) is 13.7 Å². The van der Waals surface area contributed by atoms with Crippen molar-refractivity contribution in [3.63, 3.8) is 0 Å². The summed E-state index contributed by atoms with van der Waals surface area (Å²) in [4.78, 5) is 26.6. The zero-order valence-electron chi connectivity index (χ0n) is 18.2. The number of ether oxygens (including phenoxy) is 2. The molecule has 0 fully saturated rings. The van der Waals surface area contributed by atoms with Crippen LogP contribution in [0.1, 0.15) is 60.1 Å². The van der Waals surface area contributed by atoms with E-state index in [4.69, 9.17) is 9.47 Å². The number of halogens is 1. The molecule has 2 aromatic carbocycles. The lowest BCUT2D eigenvalue weighted by molar-refractivity contribution is 0.0600. The zero-order valence-corrected chi connectivity index (χ0v) is 19.1. The third-order valence-electron chi connectivity index (χ3n) is 5.39. The molecule has 0 spiro atoms. The van der Waals surface area contributed by atoms with E-state index >= 15 is 0 Å². The van der Waals surface area contributed by atoms with Gasteiger partial charge >= 0.3 is 5.97 Å². The minimum Gasteiger partial charge on any atom is -0.465 e. The van der Waals surface area contributed by atoms with Gasteiger partial charge in [0.25, 0.3) is 5.91 Å². The van der Waals surface area contributed by atoms with Gasteiger partial charge in [0, 0.05) is 10.4 Å². The van der Waals surface area contributed by atoms with Crippen molar-refractivity contribution in [1.29, 1.82) is 0 Å². The molecule has 0 aliphatic carbocycles. The topological polar surface area (TPSA) is 64.6 Å². The molecule has 0 bridgehead atoms. The van der Waals surface area contributed by atoms with Gasteiger partial charge in [0.05, 0.1) is 42.4 Å². The Morgan fingerprint density at radius 1 is 1.12 bits per heavy atom. The average molecular weight is 464 g/mol. The monoisotopic (exact) mass is 463 g/mol. The first-order valence-electron chi connectivity index (χ1n) is 10.4. The van der Waals surface area contributed by atoms with E-state index in [-0.39, 0.29) is 17.8 Å². The van der Waals surface area contributed by atoms with Gasteiger partial charge in [-0.2, -0.15) is 0 Å². The Morgan fingerprint density at radius 2 is 1.85 bits per heavy atom. The average Bonchev–Trinajstić information content (AvgIpc) is 3.21. The predicted octanol–water partition coefficient (Wildman–Crippen LogP) is 4.64. The molecule has 4 rings (SSSR count). The maximum absolute atomic E-state index is 13.3. The molecule has 2 heterocycles. The number of hydrogen-bond acceptors (Lipinski definition) is 5. The standard InChI is InChI=1S/C26H22FNO4S/c1-16(18-6-8-19(9-7-18)26(30)31-2)28-25(29)24-21-13-14-32-15-23(21)33-22(24)12-5-17-3-10-20(27)11-4-17/h3-4,6-11,16H,13-15H2,1-2H3,(H,28,29)/t16-/m0/s1. The van der Waals surface area contributed by atoms with Gasteiger partial charge in [0.1, 0.15) is 5.82 Å². The van der Waals surface area contributed by atoms with Gasteiger partial charge in [-0.05, 0) is 66.8 Å². The molecular formula is C26H22FNO4S. The third-order valence-corrected chi connectivity index (χ3v) is 6.51. The fourth-order valence-corrected chi connectivity index (χ4v) is 4.74. The van der Waals surface area contributed by atoms with Crippen molar-refractivity contribution in [3.05, 3.63) is 91.9 Å². The lowest BCUT2D eigenvalue weighted by Gasteiger charge is -2.17. The van der Waals surface area contributed by atoms with Crippen LogP contribution in [0.5, 0.6) is 0 Å². The number of esters is 1. The van der Waals surface area contributed by atoms with Crippen LogP contribution in [0.2, 0.25) is 0 Å². The second-order valence-corrected chi connectivity index (χ2v) is 8.68. The number of carbonyl (C=O) groups is 2. The number of hydrogen-bond donors (Lipinski definition) is 1. The number of methoxy groups -OCH3 is 1. The maximum atomic E-state index is 13.3. The molecule has 1 N–H and O–H groups in total. The Morgan fingerprint density at radius 3 is 2.55 bits per heavy atom. The van der Waals surface area contributed by atoms with Crippen LogP contribution in [0, 0.1) is 17.7 Å². The number of rotatable bonds is 4. The highest BCUT2D eigenvalue weighted by atomic mass is 32.1. The van der Waals surface area contributed by atoms with Gasteiger partial charge in [-0.3, -0.25) is 4.79 Å². The molecule has 33 heavy (non-hydrogen) atoms. The van der Waals surface area contributed by atoms with Crippen molar-refractivity contribution in [2.24, 2.45) is 0 Å². The van der Waals surface area contributed by atoms with Crippen molar-refractivity contribution in [3.8, 4) is 11.8 Å². The second-order valence-electron chi connectivity index (χ2n) is 7.58. The van der Waals surface area contributed by atoms with E-state index in [1.165, 1.54) is 30.6 Å². The predicted molar refractivity (Wildman–Crippen MR) is 124 cm³/mol. The van der Waals surface area contributed by atoms with Gasteiger partial charge in [-0.1, -0.05) is 18.1 Å².